The number of fused-ring (bicyclic) bond motifs is 3. The van der Waals surface area contributed by atoms with Crippen LogP contribution in [0.1, 0.15) is 57.8 Å². The van der Waals surface area contributed by atoms with Crippen molar-refractivity contribution in [1.82, 2.24) is 0 Å². The molecule has 1 aromatic rings. The molecular weight excluding hydrogens is 452 g/mol. The van der Waals surface area contributed by atoms with E-state index in [1.807, 2.05) is 0 Å². The number of aliphatic hydroxyl groups excluding tert-OH is 3. The van der Waals surface area contributed by atoms with Gasteiger partial charge in [-0.1, -0.05) is 32.0 Å². The molecule has 0 amide bonds. The van der Waals surface area contributed by atoms with Gasteiger partial charge in [-0.25, -0.2) is 4.79 Å². The molecule has 1 heterocycles. The van der Waals surface area contributed by atoms with E-state index in [0.29, 0.717) is 5.57 Å². The van der Waals surface area contributed by atoms with Gasteiger partial charge in [-0.2, -0.15) is 0 Å². The average molecular weight is 489 g/mol. The Labute approximate surface area is 205 Å². The van der Waals surface area contributed by atoms with Crippen LogP contribution in [0.15, 0.2) is 41.5 Å². The number of ketones is 1. The Morgan fingerprint density at radius 2 is 1.74 bits per heavy atom. The molecule has 1 aromatic carbocycles. The number of rotatable bonds is 2. The summed E-state index contributed by atoms with van der Waals surface area (Å²) in [6.07, 6.45) is -5.82. The Morgan fingerprint density at radius 3 is 2.37 bits per heavy atom. The Hall–Kier alpha value is -2.10. The number of Topliss-reactive ketones (excluding diaryl/α,β-unsaturated/α-hetero) is 1. The van der Waals surface area contributed by atoms with Crippen molar-refractivity contribution in [2.75, 3.05) is 6.61 Å². The third-order valence-electron chi connectivity index (χ3n) is 8.90. The van der Waals surface area contributed by atoms with Crippen LogP contribution in [0.5, 0.6) is 0 Å². The first kappa shape index (κ1) is 26.0. The third kappa shape index (κ3) is 3.78. The minimum Gasteiger partial charge on any atom is -0.455 e. The van der Waals surface area contributed by atoms with Crippen molar-refractivity contribution in [3.05, 3.63) is 47.0 Å². The monoisotopic (exact) mass is 488 g/mol. The minimum atomic E-state index is -1.88. The normalized spacial score (nSPS) is 41.3. The summed E-state index contributed by atoms with van der Waals surface area (Å²) < 4.78 is 12.0. The molecule has 4 rings (SSSR count). The van der Waals surface area contributed by atoms with E-state index in [9.17, 15) is 30.0 Å². The number of hydrogen-bond donors (Lipinski definition) is 4. The Morgan fingerprint density at radius 1 is 1.11 bits per heavy atom. The lowest BCUT2D eigenvalue weighted by atomic mass is 9.50. The molecule has 8 heteroatoms. The molecule has 2 bridgehead atoms. The first-order valence-electron chi connectivity index (χ1n) is 12.2. The van der Waals surface area contributed by atoms with E-state index in [2.05, 4.69) is 0 Å². The molecule has 0 radical (unpaired) electrons. The molecule has 1 aliphatic heterocycles. The fourth-order valence-corrected chi connectivity index (χ4v) is 6.40. The number of carbonyl (C=O) groups excluding carboxylic acids is 2. The van der Waals surface area contributed by atoms with Crippen molar-refractivity contribution in [2.45, 2.75) is 83.6 Å². The predicted octanol–water partition coefficient (Wildman–Crippen LogP) is 1.79. The van der Waals surface area contributed by atoms with Crippen LogP contribution in [0.2, 0.25) is 0 Å². The summed E-state index contributed by atoms with van der Waals surface area (Å²) >= 11 is 0. The van der Waals surface area contributed by atoms with Gasteiger partial charge in [0.05, 0.1) is 35.9 Å². The first-order valence-corrected chi connectivity index (χ1v) is 12.2. The molecule has 8 atom stereocenters. The standard InChI is InChI=1S/C27H36O8/c1-14-11-19(29)26(5)17(13-34-14)23(35-24(32)16-9-7-6-8-10-16)27(33)12-18(28)15(2)20(25(27,3)4)21(30)22(26)31/h6-10,14,17-19,21,23,28-30,33H,11-13H2,1-5H3/t14-,17?,18-,19-,21+,23-,26?,27+/m0/s1. The molecule has 2 aliphatic carbocycles. The zero-order valence-electron chi connectivity index (χ0n) is 20.9. The van der Waals surface area contributed by atoms with Gasteiger partial charge in [0, 0.05) is 24.2 Å². The van der Waals surface area contributed by atoms with Crippen LogP contribution in [0.3, 0.4) is 0 Å². The van der Waals surface area contributed by atoms with Gasteiger partial charge in [-0.3, -0.25) is 4.79 Å². The summed E-state index contributed by atoms with van der Waals surface area (Å²) in [5, 5.41) is 45.9. The number of carbonyl (C=O) groups is 2. The van der Waals surface area contributed by atoms with Gasteiger partial charge >= 0.3 is 5.97 Å². The lowest BCUT2D eigenvalue weighted by Gasteiger charge is -2.59. The van der Waals surface area contributed by atoms with E-state index >= 15 is 0 Å². The zero-order chi connectivity index (χ0) is 25.9. The average Bonchev–Trinajstić information content (AvgIpc) is 2.91. The van der Waals surface area contributed by atoms with E-state index < -0.39 is 64.6 Å². The molecule has 0 aromatic heterocycles. The molecular formula is C27H36O8. The molecule has 192 valence electrons. The second-order valence-corrected chi connectivity index (χ2v) is 11.1. The van der Waals surface area contributed by atoms with Crippen LogP contribution in [-0.4, -0.2) is 74.9 Å². The molecule has 2 unspecified atom stereocenters. The van der Waals surface area contributed by atoms with Gasteiger partial charge in [0.1, 0.15) is 17.8 Å². The topological polar surface area (TPSA) is 134 Å². The fraction of sp³-hybridized carbons (Fsp3) is 0.630. The number of ether oxygens (including phenoxy) is 2. The Bertz CT molecular complexity index is 1030. The summed E-state index contributed by atoms with van der Waals surface area (Å²) in [4.78, 5) is 27.2. The zero-order valence-corrected chi connectivity index (χ0v) is 20.9. The van der Waals surface area contributed by atoms with E-state index in [1.165, 1.54) is 0 Å². The van der Waals surface area contributed by atoms with E-state index in [4.69, 9.17) is 9.47 Å². The number of hydrogen-bond acceptors (Lipinski definition) is 8. The number of benzene rings is 1. The molecule has 4 N–H and O–H groups in total. The highest BCUT2D eigenvalue weighted by atomic mass is 16.6. The SMILES string of the molecule is CC1=C2[C@@H](O)C(=O)C3(C)C(CO[C@@H](C)C[C@@H]3O)[C@H](OC(=O)c3ccccc3)[C@](O)(C[C@@H]1O)C2(C)C. The van der Waals surface area contributed by atoms with Gasteiger partial charge in [-0.05, 0) is 44.1 Å². The van der Waals surface area contributed by atoms with Crippen LogP contribution in [0.25, 0.3) is 0 Å². The molecule has 0 spiro atoms. The highest BCUT2D eigenvalue weighted by Crippen LogP contribution is 2.58. The van der Waals surface area contributed by atoms with Crippen molar-refractivity contribution in [1.29, 1.82) is 0 Å². The predicted molar refractivity (Wildman–Crippen MR) is 126 cm³/mol. The van der Waals surface area contributed by atoms with Gasteiger partial charge in [0.15, 0.2) is 5.78 Å². The second kappa shape index (κ2) is 8.78. The largest absolute Gasteiger partial charge is 0.455 e. The smallest absolute Gasteiger partial charge is 0.338 e. The van der Waals surface area contributed by atoms with Gasteiger partial charge in [0.2, 0.25) is 0 Å². The molecule has 1 saturated heterocycles. The Kier molecular flexibility index (Phi) is 6.52. The second-order valence-electron chi connectivity index (χ2n) is 11.1. The van der Waals surface area contributed by atoms with Crippen LogP contribution in [0, 0.1) is 16.7 Å². The van der Waals surface area contributed by atoms with Crippen LogP contribution >= 0.6 is 0 Å². The summed E-state index contributed by atoms with van der Waals surface area (Å²) in [7, 11) is 0. The van der Waals surface area contributed by atoms with E-state index in [1.54, 1.807) is 65.0 Å². The van der Waals surface area contributed by atoms with Gasteiger partial charge in [-0.15, -0.1) is 0 Å². The highest BCUT2D eigenvalue weighted by molar-refractivity contribution is 5.93. The van der Waals surface area contributed by atoms with Crippen LogP contribution in [0.4, 0.5) is 0 Å². The molecule has 35 heavy (non-hydrogen) atoms. The maximum Gasteiger partial charge on any atom is 0.338 e. The third-order valence-corrected chi connectivity index (χ3v) is 8.90. The van der Waals surface area contributed by atoms with Crippen molar-refractivity contribution < 1.29 is 39.5 Å². The molecule has 8 nitrogen and oxygen atoms in total. The fourth-order valence-electron chi connectivity index (χ4n) is 6.40. The van der Waals surface area contributed by atoms with E-state index in [-0.39, 0.29) is 30.6 Å². The number of esters is 1. The number of aliphatic hydroxyl groups is 4. The summed E-state index contributed by atoms with van der Waals surface area (Å²) in [6.45, 7) is 8.20. The maximum absolute atomic E-state index is 14.0. The lowest BCUT2D eigenvalue weighted by molar-refractivity contribution is -0.215. The summed E-state index contributed by atoms with van der Waals surface area (Å²) in [5.41, 5.74) is -3.88. The highest BCUT2D eigenvalue weighted by Gasteiger charge is 2.68. The molecule has 3 aliphatic rings. The molecule has 2 fully saturated rings. The molecule has 1 saturated carbocycles. The van der Waals surface area contributed by atoms with E-state index in [0.717, 1.165) is 0 Å². The first-order chi connectivity index (χ1) is 16.3. The van der Waals surface area contributed by atoms with Crippen LogP contribution < -0.4 is 0 Å². The van der Waals surface area contributed by atoms with Gasteiger partial charge < -0.3 is 29.9 Å². The lowest BCUT2D eigenvalue weighted by Crippen LogP contribution is -2.70. The van der Waals surface area contributed by atoms with Crippen molar-refractivity contribution in [3.63, 3.8) is 0 Å². The minimum absolute atomic E-state index is 0.0908. The Balaban J connectivity index is 1.97. The van der Waals surface area contributed by atoms with Crippen molar-refractivity contribution in [3.8, 4) is 0 Å². The van der Waals surface area contributed by atoms with Gasteiger partial charge in [0.25, 0.3) is 0 Å². The van der Waals surface area contributed by atoms with Crippen LogP contribution in [-0.2, 0) is 14.3 Å². The van der Waals surface area contributed by atoms with Crippen molar-refractivity contribution in [2.24, 2.45) is 16.7 Å². The summed E-state index contributed by atoms with van der Waals surface area (Å²) in [6, 6.07) is 8.30. The quantitative estimate of drug-likeness (QED) is 0.366. The van der Waals surface area contributed by atoms with Crippen molar-refractivity contribution >= 4 is 11.8 Å². The maximum atomic E-state index is 14.0. The summed E-state index contributed by atoms with van der Waals surface area (Å²) in [5.74, 6) is -2.34.